The molecule has 100 valence electrons. The van der Waals surface area contributed by atoms with Gasteiger partial charge in [0, 0.05) is 10.9 Å². The van der Waals surface area contributed by atoms with Gasteiger partial charge >= 0.3 is 0 Å². The number of hydrogen-bond acceptors (Lipinski definition) is 3. The fourth-order valence-corrected chi connectivity index (χ4v) is 2.58. The first-order valence-electron chi connectivity index (χ1n) is 6.06. The number of ether oxygens (including phenoxy) is 1. The van der Waals surface area contributed by atoms with Crippen LogP contribution in [0.1, 0.15) is 16.1 Å². The first-order chi connectivity index (χ1) is 9.69. The van der Waals surface area contributed by atoms with Crippen LogP contribution in [0.15, 0.2) is 57.4 Å². The van der Waals surface area contributed by atoms with Crippen LogP contribution in [0, 0.1) is 0 Å². The van der Waals surface area contributed by atoms with Crippen molar-refractivity contribution in [2.75, 3.05) is 7.11 Å². The highest BCUT2D eigenvalue weighted by Gasteiger charge is 2.15. The summed E-state index contributed by atoms with van der Waals surface area (Å²) in [7, 11) is 1.58. The van der Waals surface area contributed by atoms with Crippen molar-refractivity contribution in [3.8, 4) is 5.75 Å². The number of carbonyl (C=O) groups excluding carboxylic acids is 1. The molecule has 0 saturated heterocycles. The number of ketones is 1. The number of fused-ring (bicyclic) bond motifs is 1. The average Bonchev–Trinajstić information content (AvgIpc) is 2.90. The lowest BCUT2D eigenvalue weighted by Crippen LogP contribution is -1.99. The van der Waals surface area contributed by atoms with E-state index in [0.29, 0.717) is 22.7 Å². The van der Waals surface area contributed by atoms with Crippen LogP contribution in [0.5, 0.6) is 5.75 Å². The smallest absolute Gasteiger partial charge is 0.228 e. The Morgan fingerprint density at radius 3 is 2.65 bits per heavy atom. The maximum Gasteiger partial charge on any atom is 0.228 e. The zero-order valence-corrected chi connectivity index (χ0v) is 12.3. The Balaban J connectivity index is 2.01. The average molecular weight is 331 g/mol. The molecule has 1 heterocycles. The van der Waals surface area contributed by atoms with Gasteiger partial charge in [0.25, 0.3) is 0 Å². The summed E-state index contributed by atoms with van der Waals surface area (Å²) in [6, 6.07) is 14.5. The van der Waals surface area contributed by atoms with Gasteiger partial charge in [0.15, 0.2) is 5.76 Å². The third-order valence-corrected chi connectivity index (χ3v) is 3.68. The Morgan fingerprint density at radius 2 is 1.95 bits per heavy atom. The molecule has 4 heteroatoms. The molecule has 2 aromatic carbocycles. The lowest BCUT2D eigenvalue weighted by Gasteiger charge is -2.04. The van der Waals surface area contributed by atoms with Gasteiger partial charge in [-0.1, -0.05) is 18.2 Å². The molecule has 0 fully saturated rings. The fraction of sp³-hybridized carbons (Fsp3) is 0.0625. The predicted molar refractivity (Wildman–Crippen MR) is 80.3 cm³/mol. The van der Waals surface area contributed by atoms with Gasteiger partial charge in [-0.2, -0.15) is 0 Å². The molecule has 0 aliphatic carbocycles. The highest BCUT2D eigenvalue weighted by atomic mass is 79.9. The summed E-state index contributed by atoms with van der Waals surface area (Å²) >= 11 is 3.37. The minimum Gasteiger partial charge on any atom is -0.496 e. The standard InChI is InChI=1S/C16H11BrO3/c1-19-14-7-6-11(8-12(14)17)16(18)15-9-10-4-2-3-5-13(10)20-15/h2-9H,1H3. The molecule has 0 radical (unpaired) electrons. The number of para-hydroxylation sites is 1. The molecule has 1 aromatic heterocycles. The summed E-state index contributed by atoms with van der Waals surface area (Å²) < 4.78 is 11.5. The lowest BCUT2D eigenvalue weighted by atomic mass is 10.1. The Morgan fingerprint density at radius 1 is 1.15 bits per heavy atom. The first kappa shape index (κ1) is 12.9. The zero-order chi connectivity index (χ0) is 14.1. The molecule has 0 atom stereocenters. The lowest BCUT2D eigenvalue weighted by molar-refractivity contribution is 0.101. The molecule has 0 bridgehead atoms. The summed E-state index contributed by atoms with van der Waals surface area (Å²) in [5.41, 5.74) is 1.26. The number of benzene rings is 2. The van der Waals surface area contributed by atoms with Gasteiger partial charge in [0.05, 0.1) is 11.6 Å². The summed E-state index contributed by atoms with van der Waals surface area (Å²) in [6.07, 6.45) is 0. The monoisotopic (exact) mass is 330 g/mol. The van der Waals surface area contributed by atoms with Crippen molar-refractivity contribution in [3.63, 3.8) is 0 Å². The van der Waals surface area contributed by atoms with Crippen LogP contribution < -0.4 is 4.74 Å². The van der Waals surface area contributed by atoms with E-state index in [-0.39, 0.29) is 5.78 Å². The Bertz CT molecular complexity index is 756. The topological polar surface area (TPSA) is 39.4 Å². The minimum absolute atomic E-state index is 0.149. The van der Waals surface area contributed by atoms with E-state index in [1.54, 1.807) is 31.4 Å². The summed E-state index contributed by atoms with van der Waals surface area (Å²) in [6.45, 7) is 0. The van der Waals surface area contributed by atoms with Crippen LogP contribution in [0.2, 0.25) is 0 Å². The van der Waals surface area contributed by atoms with Crippen LogP contribution in [-0.4, -0.2) is 12.9 Å². The molecule has 0 unspecified atom stereocenters. The van der Waals surface area contributed by atoms with Gasteiger partial charge in [-0.25, -0.2) is 0 Å². The molecule has 0 spiro atoms. The fourth-order valence-electron chi connectivity index (χ4n) is 2.04. The van der Waals surface area contributed by atoms with Crippen molar-refractivity contribution in [2.45, 2.75) is 0 Å². The van der Waals surface area contributed by atoms with Gasteiger partial charge in [0.1, 0.15) is 11.3 Å². The van der Waals surface area contributed by atoms with Crippen LogP contribution >= 0.6 is 15.9 Å². The number of halogens is 1. The largest absolute Gasteiger partial charge is 0.496 e. The molecule has 0 saturated carbocycles. The minimum atomic E-state index is -0.149. The summed E-state index contributed by atoms with van der Waals surface area (Å²) in [5, 5.41) is 0.920. The van der Waals surface area contributed by atoms with Crippen LogP contribution in [0.3, 0.4) is 0 Å². The molecule has 3 aromatic rings. The highest BCUT2D eigenvalue weighted by molar-refractivity contribution is 9.10. The zero-order valence-electron chi connectivity index (χ0n) is 10.7. The number of rotatable bonds is 3. The van der Waals surface area contributed by atoms with Crippen molar-refractivity contribution in [2.24, 2.45) is 0 Å². The number of methoxy groups -OCH3 is 1. The van der Waals surface area contributed by atoms with E-state index in [2.05, 4.69) is 15.9 Å². The van der Waals surface area contributed by atoms with E-state index in [0.717, 1.165) is 9.86 Å². The van der Waals surface area contributed by atoms with Gasteiger partial charge in [-0.05, 0) is 46.3 Å². The highest BCUT2D eigenvalue weighted by Crippen LogP contribution is 2.27. The van der Waals surface area contributed by atoms with Gasteiger partial charge in [0.2, 0.25) is 5.78 Å². The first-order valence-corrected chi connectivity index (χ1v) is 6.85. The molecule has 0 amide bonds. The van der Waals surface area contributed by atoms with Gasteiger partial charge in [-0.3, -0.25) is 4.79 Å². The molecular formula is C16H11BrO3. The van der Waals surface area contributed by atoms with E-state index in [1.165, 1.54) is 0 Å². The van der Waals surface area contributed by atoms with Crippen molar-refractivity contribution < 1.29 is 13.9 Å². The quantitative estimate of drug-likeness (QED) is 0.666. The molecular weight excluding hydrogens is 320 g/mol. The Labute approximate surface area is 124 Å². The third kappa shape index (κ3) is 2.23. The second kappa shape index (κ2) is 5.13. The van der Waals surface area contributed by atoms with Crippen molar-refractivity contribution in [1.82, 2.24) is 0 Å². The second-order valence-electron chi connectivity index (χ2n) is 4.33. The van der Waals surface area contributed by atoms with Gasteiger partial charge < -0.3 is 9.15 Å². The van der Waals surface area contributed by atoms with E-state index < -0.39 is 0 Å². The summed E-state index contributed by atoms with van der Waals surface area (Å²) in [5.74, 6) is 0.874. The number of carbonyl (C=O) groups is 1. The van der Waals surface area contributed by atoms with Crippen molar-refractivity contribution in [1.29, 1.82) is 0 Å². The number of furan rings is 1. The molecule has 0 aliphatic rings. The molecule has 3 nitrogen and oxygen atoms in total. The van der Waals surface area contributed by atoms with E-state index >= 15 is 0 Å². The maximum atomic E-state index is 12.4. The van der Waals surface area contributed by atoms with Crippen molar-refractivity contribution >= 4 is 32.7 Å². The second-order valence-corrected chi connectivity index (χ2v) is 5.18. The Kier molecular flexibility index (Phi) is 3.32. The van der Waals surface area contributed by atoms with Crippen molar-refractivity contribution in [3.05, 3.63) is 64.3 Å². The van der Waals surface area contributed by atoms with Crippen LogP contribution in [0.25, 0.3) is 11.0 Å². The predicted octanol–water partition coefficient (Wildman–Crippen LogP) is 4.43. The van der Waals surface area contributed by atoms with Crippen LogP contribution in [-0.2, 0) is 0 Å². The van der Waals surface area contributed by atoms with Gasteiger partial charge in [-0.15, -0.1) is 0 Å². The van der Waals surface area contributed by atoms with E-state index in [1.807, 2.05) is 24.3 Å². The third-order valence-electron chi connectivity index (χ3n) is 3.06. The van der Waals surface area contributed by atoms with E-state index in [9.17, 15) is 4.79 Å². The molecule has 0 aliphatic heterocycles. The maximum absolute atomic E-state index is 12.4. The van der Waals surface area contributed by atoms with Crippen LogP contribution in [0.4, 0.5) is 0 Å². The molecule has 0 N–H and O–H groups in total. The normalized spacial score (nSPS) is 10.7. The Hall–Kier alpha value is -2.07. The SMILES string of the molecule is COc1ccc(C(=O)c2cc3ccccc3o2)cc1Br. The molecule has 20 heavy (non-hydrogen) atoms. The summed E-state index contributed by atoms with van der Waals surface area (Å²) in [4.78, 5) is 12.4. The van der Waals surface area contributed by atoms with E-state index in [4.69, 9.17) is 9.15 Å². The number of hydrogen-bond donors (Lipinski definition) is 0. The molecule has 3 rings (SSSR count).